The van der Waals surface area contributed by atoms with Crippen molar-refractivity contribution in [3.8, 4) is 22.8 Å². The van der Waals surface area contributed by atoms with Crippen molar-refractivity contribution in [2.24, 2.45) is 0 Å². The first kappa shape index (κ1) is 22.4. The van der Waals surface area contributed by atoms with Crippen molar-refractivity contribution in [1.82, 2.24) is 0 Å². The standard InChI is InChI=1S/C23H21NO8S/c1-2-28-23(27)21-15(16-4-3-7-29-16)13-33-22(21)24-19(25)12-32-20(26)11-14-5-6-17-18(10-14)31-9-8-30-17/h3-7,10,13H,2,8-9,11-12H2,1H3,(H,24,25). The normalized spacial score (nSPS) is 12.2. The molecule has 1 aromatic carbocycles. The van der Waals surface area contributed by atoms with Gasteiger partial charge in [-0.2, -0.15) is 0 Å². The van der Waals surface area contributed by atoms with Gasteiger partial charge < -0.3 is 28.7 Å². The van der Waals surface area contributed by atoms with E-state index in [4.69, 9.17) is 23.4 Å². The van der Waals surface area contributed by atoms with Gasteiger partial charge in [-0.3, -0.25) is 9.59 Å². The van der Waals surface area contributed by atoms with Crippen LogP contribution < -0.4 is 14.8 Å². The van der Waals surface area contributed by atoms with Crippen LogP contribution >= 0.6 is 11.3 Å². The first-order chi connectivity index (χ1) is 16.0. The average Bonchev–Trinajstić information content (AvgIpc) is 3.48. The van der Waals surface area contributed by atoms with Gasteiger partial charge in [-0.25, -0.2) is 4.79 Å². The summed E-state index contributed by atoms with van der Waals surface area (Å²) in [5.41, 5.74) is 1.37. The minimum Gasteiger partial charge on any atom is -0.486 e. The second-order valence-electron chi connectivity index (χ2n) is 6.91. The van der Waals surface area contributed by atoms with Crippen molar-refractivity contribution < 1.29 is 37.7 Å². The summed E-state index contributed by atoms with van der Waals surface area (Å²) in [7, 11) is 0. The Kier molecular flexibility index (Phi) is 6.94. The van der Waals surface area contributed by atoms with Crippen molar-refractivity contribution in [3.05, 3.63) is 53.1 Å². The molecule has 33 heavy (non-hydrogen) atoms. The Bertz CT molecular complexity index is 1150. The number of furan rings is 1. The van der Waals surface area contributed by atoms with E-state index in [-0.39, 0.29) is 23.6 Å². The average molecular weight is 471 g/mol. The van der Waals surface area contributed by atoms with Gasteiger partial charge in [0.2, 0.25) is 0 Å². The quantitative estimate of drug-likeness (QED) is 0.495. The minimum atomic E-state index is -0.587. The summed E-state index contributed by atoms with van der Waals surface area (Å²) in [6.45, 7) is 2.29. The van der Waals surface area contributed by atoms with E-state index in [2.05, 4.69) is 5.32 Å². The Labute approximate surface area is 193 Å². The first-order valence-corrected chi connectivity index (χ1v) is 11.1. The Hall–Kier alpha value is -3.79. The number of carbonyl (C=O) groups excluding carboxylic acids is 3. The van der Waals surface area contributed by atoms with E-state index in [1.54, 1.807) is 42.6 Å². The number of hydrogen-bond donors (Lipinski definition) is 1. The molecule has 0 fully saturated rings. The second kappa shape index (κ2) is 10.2. The van der Waals surface area contributed by atoms with Gasteiger partial charge in [0.15, 0.2) is 18.1 Å². The summed E-state index contributed by atoms with van der Waals surface area (Å²) in [4.78, 5) is 37.1. The third kappa shape index (κ3) is 5.35. The lowest BCUT2D eigenvalue weighted by Crippen LogP contribution is -2.22. The molecule has 2 aromatic heterocycles. The highest BCUT2D eigenvalue weighted by atomic mass is 32.1. The van der Waals surface area contributed by atoms with Crippen LogP contribution in [-0.4, -0.2) is 44.3 Å². The van der Waals surface area contributed by atoms with E-state index in [1.165, 1.54) is 6.26 Å². The van der Waals surface area contributed by atoms with Gasteiger partial charge in [-0.15, -0.1) is 11.3 Å². The van der Waals surface area contributed by atoms with Crippen LogP contribution in [0.3, 0.4) is 0 Å². The number of esters is 2. The molecular weight excluding hydrogens is 450 g/mol. The third-order valence-electron chi connectivity index (χ3n) is 4.63. The fourth-order valence-electron chi connectivity index (χ4n) is 3.19. The highest BCUT2D eigenvalue weighted by Gasteiger charge is 2.24. The number of hydrogen-bond acceptors (Lipinski definition) is 9. The zero-order valence-corrected chi connectivity index (χ0v) is 18.6. The van der Waals surface area contributed by atoms with Crippen LogP contribution in [0.5, 0.6) is 11.5 Å². The topological polar surface area (TPSA) is 113 Å². The number of fused-ring (bicyclic) bond motifs is 1. The van der Waals surface area contributed by atoms with Gasteiger partial charge in [-0.1, -0.05) is 6.07 Å². The number of anilines is 1. The van der Waals surface area contributed by atoms with Gasteiger partial charge in [0.05, 0.1) is 19.3 Å². The number of rotatable bonds is 8. The van der Waals surface area contributed by atoms with E-state index in [0.29, 0.717) is 41.6 Å². The van der Waals surface area contributed by atoms with Gasteiger partial charge >= 0.3 is 11.9 Å². The highest BCUT2D eigenvalue weighted by molar-refractivity contribution is 7.15. The maximum atomic E-state index is 12.5. The number of nitrogens with one attached hydrogen (secondary N) is 1. The number of carbonyl (C=O) groups is 3. The molecule has 1 amide bonds. The van der Waals surface area contributed by atoms with E-state index in [1.807, 2.05) is 0 Å². The summed E-state index contributed by atoms with van der Waals surface area (Å²) < 4.78 is 26.6. The molecule has 0 aliphatic carbocycles. The van der Waals surface area contributed by atoms with Gasteiger partial charge in [-0.05, 0) is 36.8 Å². The fraction of sp³-hybridized carbons (Fsp3) is 0.261. The molecule has 9 nitrogen and oxygen atoms in total. The van der Waals surface area contributed by atoms with Crippen LogP contribution in [0.25, 0.3) is 11.3 Å². The van der Waals surface area contributed by atoms with Crippen LogP contribution in [0.1, 0.15) is 22.8 Å². The lowest BCUT2D eigenvalue weighted by molar-refractivity contribution is -0.146. The molecule has 1 N–H and O–H groups in total. The number of ether oxygens (including phenoxy) is 4. The van der Waals surface area contributed by atoms with Gasteiger partial charge in [0.25, 0.3) is 5.91 Å². The molecule has 0 saturated heterocycles. The summed E-state index contributed by atoms with van der Waals surface area (Å²) in [5.74, 6) is -0.0728. The highest BCUT2D eigenvalue weighted by Crippen LogP contribution is 2.36. The molecule has 0 atom stereocenters. The predicted molar refractivity (Wildman–Crippen MR) is 119 cm³/mol. The fourth-order valence-corrected chi connectivity index (χ4v) is 4.15. The molecule has 0 unspecified atom stereocenters. The molecule has 172 valence electrons. The Morgan fingerprint density at radius 3 is 2.67 bits per heavy atom. The Balaban J connectivity index is 1.37. The molecular formula is C23H21NO8S. The third-order valence-corrected chi connectivity index (χ3v) is 5.52. The summed E-state index contributed by atoms with van der Waals surface area (Å²) >= 11 is 1.15. The van der Waals surface area contributed by atoms with Crippen molar-refractivity contribution in [3.63, 3.8) is 0 Å². The summed E-state index contributed by atoms with van der Waals surface area (Å²) in [5, 5.41) is 4.59. The SMILES string of the molecule is CCOC(=O)c1c(-c2ccco2)csc1NC(=O)COC(=O)Cc1ccc2c(c1)OCCO2. The molecule has 3 aromatic rings. The minimum absolute atomic E-state index is 0.0281. The van der Waals surface area contributed by atoms with Crippen molar-refractivity contribution in [2.45, 2.75) is 13.3 Å². The molecule has 4 rings (SSSR count). The van der Waals surface area contributed by atoms with Crippen molar-refractivity contribution >= 4 is 34.2 Å². The number of amides is 1. The number of thiophene rings is 1. The van der Waals surface area contributed by atoms with E-state index < -0.39 is 24.5 Å². The zero-order valence-electron chi connectivity index (χ0n) is 17.8. The van der Waals surface area contributed by atoms with Crippen LogP contribution in [0.15, 0.2) is 46.4 Å². The smallest absolute Gasteiger partial charge is 0.341 e. The molecule has 0 spiro atoms. The van der Waals surface area contributed by atoms with Crippen LogP contribution in [0.4, 0.5) is 5.00 Å². The maximum Gasteiger partial charge on any atom is 0.341 e. The van der Waals surface area contributed by atoms with Crippen molar-refractivity contribution in [2.75, 3.05) is 31.7 Å². The van der Waals surface area contributed by atoms with Crippen molar-refractivity contribution in [1.29, 1.82) is 0 Å². The molecule has 0 saturated carbocycles. The predicted octanol–water partition coefficient (Wildman–Crippen LogP) is 3.68. The second-order valence-corrected chi connectivity index (χ2v) is 7.79. The summed E-state index contributed by atoms with van der Waals surface area (Å²) in [6.07, 6.45) is 1.46. The Morgan fingerprint density at radius 2 is 1.91 bits per heavy atom. The maximum absolute atomic E-state index is 12.5. The molecule has 1 aliphatic rings. The molecule has 10 heteroatoms. The van der Waals surface area contributed by atoms with Crippen LogP contribution in [-0.2, 0) is 25.5 Å². The largest absolute Gasteiger partial charge is 0.486 e. The zero-order chi connectivity index (χ0) is 23.2. The van der Waals surface area contributed by atoms with Gasteiger partial charge in [0.1, 0.15) is 29.5 Å². The molecule has 1 aliphatic heterocycles. The number of benzene rings is 1. The monoisotopic (exact) mass is 471 g/mol. The first-order valence-electron chi connectivity index (χ1n) is 10.2. The van der Waals surface area contributed by atoms with Crippen LogP contribution in [0.2, 0.25) is 0 Å². The van der Waals surface area contributed by atoms with Gasteiger partial charge in [0, 0.05) is 10.9 Å². The lowest BCUT2D eigenvalue weighted by Gasteiger charge is -2.18. The van der Waals surface area contributed by atoms with Crippen LogP contribution in [0, 0.1) is 0 Å². The Morgan fingerprint density at radius 1 is 1.09 bits per heavy atom. The molecule has 0 bridgehead atoms. The summed E-state index contributed by atoms with van der Waals surface area (Å²) in [6, 6.07) is 8.58. The van der Waals surface area contributed by atoms with E-state index >= 15 is 0 Å². The van der Waals surface area contributed by atoms with E-state index in [9.17, 15) is 14.4 Å². The molecule has 3 heterocycles. The lowest BCUT2D eigenvalue weighted by atomic mass is 10.1. The molecule has 0 radical (unpaired) electrons. The van der Waals surface area contributed by atoms with E-state index in [0.717, 1.165) is 11.3 Å².